The standard InChI is InChI=1S/C27H23N3O5/c28-25(31)22-10-1-2-11-23(22)35-17-19-7-3-8-20(14-19)26(32)29-16-18-6-4-9-21(15-18)30-27(33)24-12-5-13-34-24/h1-15H,16-17H2,(H2,28,31)(H,29,32)(H,30,33). The lowest BCUT2D eigenvalue weighted by Crippen LogP contribution is -2.23. The lowest BCUT2D eigenvalue weighted by molar-refractivity contribution is 0.0948. The number of hydrogen-bond donors (Lipinski definition) is 3. The quantitative estimate of drug-likeness (QED) is 0.340. The van der Waals surface area contributed by atoms with Crippen molar-refractivity contribution in [3.05, 3.63) is 119 Å². The highest BCUT2D eigenvalue weighted by atomic mass is 16.5. The van der Waals surface area contributed by atoms with Crippen LogP contribution in [0, 0.1) is 0 Å². The van der Waals surface area contributed by atoms with Gasteiger partial charge in [0.05, 0.1) is 11.8 Å². The highest BCUT2D eigenvalue weighted by Crippen LogP contribution is 2.19. The summed E-state index contributed by atoms with van der Waals surface area (Å²) in [6.07, 6.45) is 1.43. The molecule has 3 amide bonds. The van der Waals surface area contributed by atoms with Crippen molar-refractivity contribution >= 4 is 23.4 Å². The molecule has 1 heterocycles. The normalized spacial score (nSPS) is 10.4. The van der Waals surface area contributed by atoms with Crippen molar-refractivity contribution < 1.29 is 23.5 Å². The van der Waals surface area contributed by atoms with Crippen LogP contribution < -0.4 is 21.1 Å². The van der Waals surface area contributed by atoms with Crippen molar-refractivity contribution in [2.75, 3.05) is 5.32 Å². The minimum Gasteiger partial charge on any atom is -0.488 e. The first kappa shape index (κ1) is 23.3. The number of rotatable bonds is 9. The average Bonchev–Trinajstić information content (AvgIpc) is 3.42. The van der Waals surface area contributed by atoms with Gasteiger partial charge in [0, 0.05) is 17.8 Å². The Kier molecular flexibility index (Phi) is 7.22. The van der Waals surface area contributed by atoms with Crippen molar-refractivity contribution in [2.45, 2.75) is 13.2 Å². The van der Waals surface area contributed by atoms with E-state index in [1.807, 2.05) is 12.1 Å². The number of para-hydroxylation sites is 1. The average molecular weight is 469 g/mol. The number of carbonyl (C=O) groups excluding carboxylic acids is 3. The molecule has 0 fully saturated rings. The highest BCUT2D eigenvalue weighted by molar-refractivity contribution is 6.02. The molecule has 0 saturated heterocycles. The number of furan rings is 1. The number of primary amides is 1. The minimum atomic E-state index is -0.571. The zero-order valence-electron chi connectivity index (χ0n) is 18.7. The van der Waals surface area contributed by atoms with E-state index in [9.17, 15) is 14.4 Å². The first-order valence-corrected chi connectivity index (χ1v) is 10.8. The molecule has 4 aromatic rings. The molecule has 0 aliphatic heterocycles. The van der Waals surface area contributed by atoms with Crippen molar-refractivity contribution in [1.82, 2.24) is 5.32 Å². The number of nitrogens with two attached hydrogens (primary N) is 1. The molecule has 0 aliphatic rings. The maximum absolute atomic E-state index is 12.7. The molecule has 3 aromatic carbocycles. The maximum atomic E-state index is 12.7. The SMILES string of the molecule is NC(=O)c1ccccc1OCc1cccc(C(=O)NCc2cccc(NC(=O)c3ccco3)c2)c1. The van der Waals surface area contributed by atoms with Crippen LogP contribution in [-0.4, -0.2) is 17.7 Å². The fourth-order valence-electron chi connectivity index (χ4n) is 3.40. The van der Waals surface area contributed by atoms with Crippen LogP contribution in [0.5, 0.6) is 5.75 Å². The van der Waals surface area contributed by atoms with Gasteiger partial charge in [-0.1, -0.05) is 36.4 Å². The molecule has 0 atom stereocenters. The lowest BCUT2D eigenvalue weighted by Gasteiger charge is -2.11. The Morgan fingerprint density at radius 2 is 1.63 bits per heavy atom. The summed E-state index contributed by atoms with van der Waals surface area (Å²) in [5.41, 5.74) is 8.32. The van der Waals surface area contributed by atoms with Crippen LogP contribution in [0.25, 0.3) is 0 Å². The van der Waals surface area contributed by atoms with Crippen molar-refractivity contribution in [1.29, 1.82) is 0 Å². The van der Waals surface area contributed by atoms with Gasteiger partial charge in [0.2, 0.25) is 0 Å². The third-order valence-corrected chi connectivity index (χ3v) is 5.12. The van der Waals surface area contributed by atoms with E-state index in [4.69, 9.17) is 14.9 Å². The van der Waals surface area contributed by atoms with E-state index in [0.29, 0.717) is 22.6 Å². The third kappa shape index (κ3) is 6.14. The van der Waals surface area contributed by atoms with Crippen LogP contribution in [0.4, 0.5) is 5.69 Å². The summed E-state index contributed by atoms with van der Waals surface area (Å²) in [4.78, 5) is 36.4. The van der Waals surface area contributed by atoms with Gasteiger partial charge in [-0.2, -0.15) is 0 Å². The van der Waals surface area contributed by atoms with Gasteiger partial charge in [0.1, 0.15) is 12.4 Å². The van der Waals surface area contributed by atoms with E-state index in [0.717, 1.165) is 11.1 Å². The van der Waals surface area contributed by atoms with Crippen molar-refractivity contribution in [3.63, 3.8) is 0 Å². The highest BCUT2D eigenvalue weighted by Gasteiger charge is 2.11. The van der Waals surface area contributed by atoms with Crippen LogP contribution in [-0.2, 0) is 13.2 Å². The predicted molar refractivity (Wildman–Crippen MR) is 130 cm³/mol. The molecule has 4 rings (SSSR count). The molecule has 0 spiro atoms. The van der Waals surface area contributed by atoms with Crippen LogP contribution in [0.2, 0.25) is 0 Å². The van der Waals surface area contributed by atoms with Gasteiger partial charge >= 0.3 is 0 Å². The molecule has 0 unspecified atom stereocenters. The zero-order chi connectivity index (χ0) is 24.6. The second-order valence-electron chi connectivity index (χ2n) is 7.66. The first-order chi connectivity index (χ1) is 17.0. The van der Waals surface area contributed by atoms with Crippen LogP contribution >= 0.6 is 0 Å². The second kappa shape index (κ2) is 10.8. The van der Waals surface area contributed by atoms with Gasteiger partial charge in [-0.15, -0.1) is 0 Å². The molecule has 176 valence electrons. The summed E-state index contributed by atoms with van der Waals surface area (Å²) in [5.74, 6) is -0.582. The molecule has 0 radical (unpaired) electrons. The summed E-state index contributed by atoms with van der Waals surface area (Å²) in [6, 6.07) is 24.1. The molecular weight excluding hydrogens is 446 g/mol. The van der Waals surface area contributed by atoms with Crippen LogP contribution in [0.1, 0.15) is 42.4 Å². The number of nitrogens with one attached hydrogen (secondary N) is 2. The number of anilines is 1. The Bertz CT molecular complexity index is 1350. The summed E-state index contributed by atoms with van der Waals surface area (Å²) in [5, 5.41) is 5.64. The monoisotopic (exact) mass is 469 g/mol. The molecule has 8 heteroatoms. The van der Waals surface area contributed by atoms with Crippen LogP contribution in [0.15, 0.2) is 95.6 Å². The Hall–Kier alpha value is -4.85. The fourth-order valence-corrected chi connectivity index (χ4v) is 3.40. The second-order valence-corrected chi connectivity index (χ2v) is 7.66. The number of hydrogen-bond acceptors (Lipinski definition) is 5. The minimum absolute atomic E-state index is 0.169. The maximum Gasteiger partial charge on any atom is 0.291 e. The summed E-state index contributed by atoms with van der Waals surface area (Å²) in [7, 11) is 0. The summed E-state index contributed by atoms with van der Waals surface area (Å²) < 4.78 is 10.8. The molecular formula is C27H23N3O5. The van der Waals surface area contributed by atoms with Crippen molar-refractivity contribution in [3.8, 4) is 5.75 Å². The van der Waals surface area contributed by atoms with Crippen LogP contribution in [0.3, 0.4) is 0 Å². The number of carbonyl (C=O) groups is 3. The first-order valence-electron chi connectivity index (χ1n) is 10.8. The molecule has 0 saturated carbocycles. The largest absolute Gasteiger partial charge is 0.488 e. The van der Waals surface area contributed by atoms with Gasteiger partial charge in [0.15, 0.2) is 5.76 Å². The number of amides is 3. The Morgan fingerprint density at radius 3 is 2.43 bits per heavy atom. The van der Waals surface area contributed by atoms with E-state index >= 15 is 0 Å². The fraction of sp³-hybridized carbons (Fsp3) is 0.0741. The van der Waals surface area contributed by atoms with Gasteiger partial charge in [-0.3, -0.25) is 14.4 Å². The molecule has 0 bridgehead atoms. The Morgan fingerprint density at radius 1 is 0.829 bits per heavy atom. The molecule has 4 N–H and O–H groups in total. The van der Waals surface area contributed by atoms with E-state index < -0.39 is 5.91 Å². The van der Waals surface area contributed by atoms with Gasteiger partial charge in [-0.05, 0) is 59.7 Å². The summed E-state index contributed by atoms with van der Waals surface area (Å²) in [6.45, 7) is 0.443. The van der Waals surface area contributed by atoms with Crippen molar-refractivity contribution in [2.24, 2.45) is 5.73 Å². The van der Waals surface area contributed by atoms with E-state index in [1.54, 1.807) is 72.8 Å². The molecule has 1 aromatic heterocycles. The van der Waals surface area contributed by atoms with E-state index in [2.05, 4.69) is 10.6 Å². The van der Waals surface area contributed by atoms with Gasteiger partial charge in [0.25, 0.3) is 17.7 Å². The number of ether oxygens (including phenoxy) is 1. The zero-order valence-corrected chi connectivity index (χ0v) is 18.7. The van der Waals surface area contributed by atoms with E-state index in [-0.39, 0.29) is 30.7 Å². The molecule has 8 nitrogen and oxygen atoms in total. The Labute approximate surface area is 201 Å². The molecule has 0 aliphatic carbocycles. The third-order valence-electron chi connectivity index (χ3n) is 5.12. The Balaban J connectivity index is 1.35. The van der Waals surface area contributed by atoms with Gasteiger partial charge in [-0.25, -0.2) is 0 Å². The van der Waals surface area contributed by atoms with Gasteiger partial charge < -0.3 is 25.5 Å². The number of benzene rings is 3. The lowest BCUT2D eigenvalue weighted by atomic mass is 10.1. The smallest absolute Gasteiger partial charge is 0.291 e. The predicted octanol–water partition coefficient (Wildman–Crippen LogP) is 4.14. The van der Waals surface area contributed by atoms with E-state index in [1.165, 1.54) is 6.26 Å². The molecule has 35 heavy (non-hydrogen) atoms. The summed E-state index contributed by atoms with van der Waals surface area (Å²) >= 11 is 0. The topological polar surface area (TPSA) is 124 Å².